The van der Waals surface area contributed by atoms with E-state index in [-0.39, 0.29) is 16.9 Å². The summed E-state index contributed by atoms with van der Waals surface area (Å²) in [6.45, 7) is 2.88. The second kappa shape index (κ2) is 6.17. The zero-order chi connectivity index (χ0) is 13.8. The highest BCUT2D eigenvalue weighted by Gasteiger charge is 2.13. The lowest BCUT2D eigenvalue weighted by molar-refractivity contribution is 0.547. The lowest BCUT2D eigenvalue weighted by Gasteiger charge is -2.18. The van der Waals surface area contributed by atoms with E-state index in [0.29, 0.717) is 0 Å². The zero-order valence-corrected chi connectivity index (χ0v) is 11.8. The molecular weight excluding hydrogens is 265 g/mol. The number of aryl methyl sites for hydroxylation is 1. The molecule has 0 aliphatic heterocycles. The zero-order valence-electron chi connectivity index (χ0n) is 11.0. The maximum Gasteiger partial charge on any atom is 0.141 e. The Balaban J connectivity index is 2.21. The van der Waals surface area contributed by atoms with Gasteiger partial charge in [-0.25, -0.2) is 4.39 Å². The molecule has 2 aromatic rings. The fraction of sp³-hybridized carbons (Fsp3) is 0.357. The van der Waals surface area contributed by atoms with Crippen LogP contribution in [0.15, 0.2) is 30.6 Å². The average molecular weight is 282 g/mol. The first kappa shape index (κ1) is 14.0. The molecule has 0 spiro atoms. The average Bonchev–Trinajstić information content (AvgIpc) is 2.78. The molecule has 2 rings (SSSR count). The van der Waals surface area contributed by atoms with Gasteiger partial charge in [0.05, 0.1) is 11.2 Å². The second-order valence-electron chi connectivity index (χ2n) is 4.51. The summed E-state index contributed by atoms with van der Waals surface area (Å²) in [5, 5.41) is 7.70. The van der Waals surface area contributed by atoms with E-state index in [1.54, 1.807) is 16.8 Å². The summed E-state index contributed by atoms with van der Waals surface area (Å²) >= 11 is 5.85. The van der Waals surface area contributed by atoms with Crippen LogP contribution in [-0.4, -0.2) is 16.3 Å². The van der Waals surface area contributed by atoms with Gasteiger partial charge in [-0.15, -0.1) is 0 Å². The Morgan fingerprint density at radius 3 is 2.84 bits per heavy atom. The fourth-order valence-corrected chi connectivity index (χ4v) is 2.29. The Bertz CT molecular complexity index is 553. The molecule has 0 fully saturated rings. The van der Waals surface area contributed by atoms with Crippen molar-refractivity contribution in [1.82, 2.24) is 15.1 Å². The molecule has 0 aliphatic carbocycles. The van der Waals surface area contributed by atoms with E-state index in [9.17, 15) is 4.39 Å². The molecule has 1 N–H and O–H groups in total. The van der Waals surface area contributed by atoms with Gasteiger partial charge in [-0.1, -0.05) is 24.6 Å². The minimum absolute atomic E-state index is 0.104. The van der Waals surface area contributed by atoms with Gasteiger partial charge in [-0.3, -0.25) is 4.68 Å². The molecule has 0 amide bonds. The van der Waals surface area contributed by atoms with Gasteiger partial charge in [0, 0.05) is 19.3 Å². The van der Waals surface area contributed by atoms with E-state index in [4.69, 9.17) is 11.6 Å². The first-order valence-electron chi connectivity index (χ1n) is 6.26. The van der Waals surface area contributed by atoms with Gasteiger partial charge in [0.25, 0.3) is 0 Å². The lowest BCUT2D eigenvalue weighted by Crippen LogP contribution is -2.22. The SMILES string of the molecule is CCNC(Cc1cnn(C)c1)c1ccc(F)c(Cl)c1. The fourth-order valence-electron chi connectivity index (χ4n) is 2.10. The van der Waals surface area contributed by atoms with Crippen molar-refractivity contribution in [1.29, 1.82) is 0 Å². The van der Waals surface area contributed by atoms with Crippen molar-refractivity contribution in [3.8, 4) is 0 Å². The van der Waals surface area contributed by atoms with E-state index in [0.717, 1.165) is 24.1 Å². The van der Waals surface area contributed by atoms with Crippen molar-refractivity contribution < 1.29 is 4.39 Å². The highest BCUT2D eigenvalue weighted by Crippen LogP contribution is 2.23. The van der Waals surface area contributed by atoms with E-state index in [2.05, 4.69) is 10.4 Å². The molecule has 102 valence electrons. The summed E-state index contributed by atoms with van der Waals surface area (Å²) < 4.78 is 15.0. The summed E-state index contributed by atoms with van der Waals surface area (Å²) in [4.78, 5) is 0. The van der Waals surface area contributed by atoms with Crippen LogP contribution in [0.2, 0.25) is 5.02 Å². The van der Waals surface area contributed by atoms with Gasteiger partial charge in [-0.2, -0.15) is 5.10 Å². The molecule has 1 aromatic heterocycles. The summed E-state index contributed by atoms with van der Waals surface area (Å²) in [5.74, 6) is -0.387. The Morgan fingerprint density at radius 1 is 1.47 bits per heavy atom. The van der Waals surface area contributed by atoms with Crippen molar-refractivity contribution in [2.45, 2.75) is 19.4 Å². The summed E-state index contributed by atoms with van der Waals surface area (Å²) in [6.07, 6.45) is 4.62. The van der Waals surface area contributed by atoms with Crippen LogP contribution in [0.1, 0.15) is 24.1 Å². The predicted octanol–water partition coefficient (Wildman–Crippen LogP) is 3.11. The second-order valence-corrected chi connectivity index (χ2v) is 4.92. The Morgan fingerprint density at radius 2 is 2.26 bits per heavy atom. The number of hydrogen-bond acceptors (Lipinski definition) is 2. The molecule has 0 saturated heterocycles. The highest BCUT2D eigenvalue weighted by molar-refractivity contribution is 6.30. The third kappa shape index (κ3) is 3.55. The van der Waals surface area contributed by atoms with Crippen molar-refractivity contribution >= 4 is 11.6 Å². The standard InChI is InChI=1S/C14H17ClFN3/c1-3-17-14(6-10-8-18-19(2)9-10)11-4-5-13(16)12(15)7-11/h4-5,7-9,14,17H,3,6H2,1-2H3. The summed E-state index contributed by atoms with van der Waals surface area (Å²) in [5.41, 5.74) is 2.12. The Kier molecular flexibility index (Phi) is 4.56. The van der Waals surface area contributed by atoms with Crippen LogP contribution < -0.4 is 5.32 Å². The minimum Gasteiger partial charge on any atom is -0.310 e. The molecule has 3 nitrogen and oxygen atoms in total. The molecule has 1 unspecified atom stereocenters. The molecule has 0 bridgehead atoms. The normalized spacial score (nSPS) is 12.6. The van der Waals surface area contributed by atoms with Crippen molar-refractivity contribution in [3.63, 3.8) is 0 Å². The molecule has 0 saturated carbocycles. The van der Waals surface area contributed by atoms with Crippen LogP contribution in [0.25, 0.3) is 0 Å². The topological polar surface area (TPSA) is 29.9 Å². The summed E-state index contributed by atoms with van der Waals surface area (Å²) in [7, 11) is 1.89. The molecule has 0 aliphatic rings. The van der Waals surface area contributed by atoms with Gasteiger partial charge in [-0.05, 0) is 36.2 Å². The predicted molar refractivity (Wildman–Crippen MR) is 74.7 cm³/mol. The molecular formula is C14H17ClFN3. The number of rotatable bonds is 5. The largest absolute Gasteiger partial charge is 0.310 e. The number of likely N-dealkylation sites (N-methyl/N-ethyl adjacent to an activating group) is 1. The monoisotopic (exact) mass is 281 g/mol. The maximum absolute atomic E-state index is 13.2. The molecule has 1 atom stereocenters. The van der Waals surface area contributed by atoms with Crippen LogP contribution in [0.4, 0.5) is 4.39 Å². The minimum atomic E-state index is -0.387. The maximum atomic E-state index is 13.2. The molecule has 5 heteroatoms. The van der Waals surface area contributed by atoms with Gasteiger partial charge in [0.1, 0.15) is 5.82 Å². The van der Waals surface area contributed by atoms with Crippen molar-refractivity contribution in [2.24, 2.45) is 7.05 Å². The number of aromatic nitrogens is 2. The van der Waals surface area contributed by atoms with E-state index in [1.807, 2.05) is 26.4 Å². The lowest BCUT2D eigenvalue weighted by atomic mass is 10.0. The van der Waals surface area contributed by atoms with Gasteiger partial charge < -0.3 is 5.32 Å². The van der Waals surface area contributed by atoms with Gasteiger partial charge in [0.15, 0.2) is 0 Å². The first-order chi connectivity index (χ1) is 9.10. The Hall–Kier alpha value is -1.39. The highest BCUT2D eigenvalue weighted by atomic mass is 35.5. The van der Waals surface area contributed by atoms with Crippen LogP contribution in [0, 0.1) is 5.82 Å². The van der Waals surface area contributed by atoms with Crippen molar-refractivity contribution in [2.75, 3.05) is 6.54 Å². The van der Waals surface area contributed by atoms with E-state index in [1.165, 1.54) is 6.07 Å². The van der Waals surface area contributed by atoms with Gasteiger partial charge in [0.2, 0.25) is 0 Å². The molecule has 1 heterocycles. The number of halogens is 2. The van der Waals surface area contributed by atoms with E-state index >= 15 is 0 Å². The number of hydrogen-bond donors (Lipinski definition) is 1. The quantitative estimate of drug-likeness (QED) is 0.913. The summed E-state index contributed by atoms with van der Waals surface area (Å²) in [6, 6.07) is 4.96. The molecule has 1 aromatic carbocycles. The van der Waals surface area contributed by atoms with Crippen molar-refractivity contribution in [3.05, 3.63) is 52.6 Å². The van der Waals surface area contributed by atoms with Crippen LogP contribution in [-0.2, 0) is 13.5 Å². The molecule has 19 heavy (non-hydrogen) atoms. The smallest absolute Gasteiger partial charge is 0.141 e. The third-order valence-corrected chi connectivity index (χ3v) is 3.28. The first-order valence-corrected chi connectivity index (χ1v) is 6.63. The Labute approximate surface area is 117 Å². The van der Waals surface area contributed by atoms with E-state index < -0.39 is 0 Å². The van der Waals surface area contributed by atoms with Crippen LogP contribution in [0.3, 0.4) is 0 Å². The van der Waals surface area contributed by atoms with Gasteiger partial charge >= 0.3 is 0 Å². The number of nitrogens with zero attached hydrogens (tertiary/aromatic N) is 2. The third-order valence-electron chi connectivity index (χ3n) is 2.99. The molecule has 0 radical (unpaired) electrons. The number of nitrogens with one attached hydrogen (secondary N) is 1. The van der Waals surface area contributed by atoms with Crippen LogP contribution >= 0.6 is 11.6 Å². The van der Waals surface area contributed by atoms with Crippen LogP contribution in [0.5, 0.6) is 0 Å². The number of benzene rings is 1.